The molecule has 3 aromatic rings. The van der Waals surface area contributed by atoms with Crippen molar-refractivity contribution in [3.8, 4) is 11.3 Å². The fourth-order valence-corrected chi connectivity index (χ4v) is 4.28. The van der Waals surface area contributed by atoms with Gasteiger partial charge >= 0.3 is 5.97 Å². The molecule has 2 aromatic carbocycles. The van der Waals surface area contributed by atoms with Gasteiger partial charge in [-0.15, -0.1) is 23.1 Å². The van der Waals surface area contributed by atoms with E-state index in [1.807, 2.05) is 12.1 Å². The number of aromatic carboxylic acids is 1. The number of carbonyl (C=O) groups is 1. The molecule has 1 N–H and O–H groups in total. The van der Waals surface area contributed by atoms with Crippen LogP contribution in [0.25, 0.3) is 11.3 Å². The molecule has 0 aliphatic carbocycles. The number of benzene rings is 2. The van der Waals surface area contributed by atoms with Gasteiger partial charge < -0.3 is 5.11 Å². The number of hydrogen-bond acceptors (Lipinski definition) is 4. The molecule has 0 fully saturated rings. The highest BCUT2D eigenvalue weighted by molar-refractivity contribution is 7.98. The molecule has 24 heavy (non-hydrogen) atoms. The highest BCUT2D eigenvalue weighted by Crippen LogP contribution is 2.31. The molecule has 0 saturated carbocycles. The SMILES string of the molecule is Cc1ccc(C)c(-c2csc(CSc3ccccc3C(=O)O)n2)c1. The molecule has 0 radical (unpaired) electrons. The predicted molar refractivity (Wildman–Crippen MR) is 100.0 cm³/mol. The summed E-state index contributed by atoms with van der Waals surface area (Å²) in [6.45, 7) is 4.17. The van der Waals surface area contributed by atoms with Gasteiger partial charge in [0.05, 0.1) is 17.0 Å². The molecule has 0 atom stereocenters. The maximum atomic E-state index is 11.3. The lowest BCUT2D eigenvalue weighted by atomic mass is 10.0. The van der Waals surface area contributed by atoms with Gasteiger partial charge in [-0.3, -0.25) is 0 Å². The van der Waals surface area contributed by atoms with E-state index in [1.165, 1.54) is 22.9 Å². The quantitative estimate of drug-likeness (QED) is 0.621. The molecule has 0 aliphatic heterocycles. The summed E-state index contributed by atoms with van der Waals surface area (Å²) in [5, 5.41) is 12.3. The molecule has 0 bridgehead atoms. The zero-order valence-corrected chi connectivity index (χ0v) is 15.1. The van der Waals surface area contributed by atoms with E-state index < -0.39 is 5.97 Å². The maximum Gasteiger partial charge on any atom is 0.336 e. The van der Waals surface area contributed by atoms with Crippen LogP contribution in [-0.2, 0) is 5.75 Å². The van der Waals surface area contributed by atoms with Gasteiger partial charge in [-0.25, -0.2) is 9.78 Å². The second kappa shape index (κ2) is 7.20. The van der Waals surface area contributed by atoms with E-state index in [2.05, 4.69) is 37.4 Å². The Morgan fingerprint density at radius 1 is 1.21 bits per heavy atom. The Hall–Kier alpha value is -2.11. The summed E-state index contributed by atoms with van der Waals surface area (Å²) in [5.41, 5.74) is 4.92. The minimum atomic E-state index is -0.895. The third kappa shape index (κ3) is 3.68. The van der Waals surface area contributed by atoms with Crippen molar-refractivity contribution in [2.45, 2.75) is 24.5 Å². The molecular formula is C19H17NO2S2. The average Bonchev–Trinajstić information content (AvgIpc) is 3.04. The van der Waals surface area contributed by atoms with Gasteiger partial charge in [-0.05, 0) is 37.6 Å². The number of aryl methyl sites for hydroxylation is 2. The first-order chi connectivity index (χ1) is 11.5. The number of carboxylic acids is 1. The summed E-state index contributed by atoms with van der Waals surface area (Å²) in [6.07, 6.45) is 0. The van der Waals surface area contributed by atoms with E-state index in [-0.39, 0.29) is 0 Å². The molecule has 1 heterocycles. The Kier molecular flexibility index (Phi) is 5.02. The van der Waals surface area contributed by atoms with Crippen LogP contribution >= 0.6 is 23.1 Å². The largest absolute Gasteiger partial charge is 0.478 e. The van der Waals surface area contributed by atoms with E-state index in [1.54, 1.807) is 23.5 Å². The summed E-state index contributed by atoms with van der Waals surface area (Å²) in [6, 6.07) is 13.4. The fourth-order valence-electron chi connectivity index (χ4n) is 2.42. The monoisotopic (exact) mass is 355 g/mol. The predicted octanol–water partition coefficient (Wildman–Crippen LogP) is 5.42. The van der Waals surface area contributed by atoms with E-state index in [9.17, 15) is 9.90 Å². The van der Waals surface area contributed by atoms with Gasteiger partial charge in [0.2, 0.25) is 0 Å². The van der Waals surface area contributed by atoms with Crippen molar-refractivity contribution in [3.63, 3.8) is 0 Å². The molecule has 1 aromatic heterocycles. The third-order valence-corrected chi connectivity index (χ3v) is 5.81. The van der Waals surface area contributed by atoms with Gasteiger partial charge in [0.15, 0.2) is 0 Å². The highest BCUT2D eigenvalue weighted by atomic mass is 32.2. The Morgan fingerprint density at radius 2 is 2.00 bits per heavy atom. The van der Waals surface area contributed by atoms with Gasteiger partial charge in [0, 0.05) is 15.8 Å². The Bertz CT molecular complexity index is 887. The molecule has 5 heteroatoms. The van der Waals surface area contributed by atoms with E-state index in [0.717, 1.165) is 21.2 Å². The molecule has 0 amide bonds. The number of hydrogen-bond donors (Lipinski definition) is 1. The maximum absolute atomic E-state index is 11.3. The minimum Gasteiger partial charge on any atom is -0.478 e. The standard InChI is InChI=1S/C19H17NO2S2/c1-12-7-8-13(2)15(9-12)16-10-24-18(20-16)11-23-17-6-4-3-5-14(17)19(21)22/h3-10H,11H2,1-2H3,(H,21,22). The second-order valence-corrected chi connectivity index (χ2v) is 7.49. The van der Waals surface area contributed by atoms with Crippen molar-refractivity contribution >= 4 is 29.1 Å². The van der Waals surface area contributed by atoms with E-state index in [0.29, 0.717) is 11.3 Å². The lowest BCUT2D eigenvalue weighted by Gasteiger charge is -2.04. The van der Waals surface area contributed by atoms with Crippen molar-refractivity contribution in [2.24, 2.45) is 0 Å². The second-order valence-electron chi connectivity index (χ2n) is 5.53. The van der Waals surface area contributed by atoms with Crippen LogP contribution in [-0.4, -0.2) is 16.1 Å². The van der Waals surface area contributed by atoms with Crippen LogP contribution in [0.5, 0.6) is 0 Å². The molecule has 0 spiro atoms. The van der Waals surface area contributed by atoms with Crippen LogP contribution in [0.1, 0.15) is 26.5 Å². The average molecular weight is 355 g/mol. The summed E-state index contributed by atoms with van der Waals surface area (Å²) in [4.78, 5) is 16.8. The third-order valence-electron chi connectivity index (χ3n) is 3.69. The smallest absolute Gasteiger partial charge is 0.336 e. The normalized spacial score (nSPS) is 10.8. The number of nitrogens with zero attached hydrogens (tertiary/aromatic N) is 1. The number of aromatic nitrogens is 1. The van der Waals surface area contributed by atoms with Crippen molar-refractivity contribution < 1.29 is 9.90 Å². The summed E-state index contributed by atoms with van der Waals surface area (Å²) >= 11 is 3.12. The lowest BCUT2D eigenvalue weighted by molar-refractivity contribution is 0.0693. The van der Waals surface area contributed by atoms with Crippen LogP contribution in [0.3, 0.4) is 0 Å². The molecule has 0 unspecified atom stereocenters. The number of thioether (sulfide) groups is 1. The van der Waals surface area contributed by atoms with Crippen LogP contribution in [0.4, 0.5) is 0 Å². The van der Waals surface area contributed by atoms with Crippen LogP contribution < -0.4 is 0 Å². The van der Waals surface area contributed by atoms with Crippen molar-refractivity contribution in [1.29, 1.82) is 0 Å². The van der Waals surface area contributed by atoms with Gasteiger partial charge in [0.25, 0.3) is 0 Å². The lowest BCUT2D eigenvalue weighted by Crippen LogP contribution is -1.98. The fraction of sp³-hybridized carbons (Fsp3) is 0.158. The highest BCUT2D eigenvalue weighted by Gasteiger charge is 2.12. The van der Waals surface area contributed by atoms with Gasteiger partial charge in [-0.1, -0.05) is 29.8 Å². The molecule has 3 rings (SSSR count). The summed E-state index contributed by atoms with van der Waals surface area (Å²) < 4.78 is 0. The van der Waals surface area contributed by atoms with Gasteiger partial charge in [-0.2, -0.15) is 0 Å². The summed E-state index contributed by atoms with van der Waals surface area (Å²) in [5.74, 6) is -0.229. The topological polar surface area (TPSA) is 50.2 Å². The number of rotatable bonds is 5. The summed E-state index contributed by atoms with van der Waals surface area (Å²) in [7, 11) is 0. The first-order valence-electron chi connectivity index (χ1n) is 7.52. The molecule has 0 aliphatic rings. The minimum absolute atomic E-state index is 0.341. The van der Waals surface area contributed by atoms with Gasteiger partial charge in [0.1, 0.15) is 5.01 Å². The number of thiazole rings is 1. The Morgan fingerprint density at radius 3 is 2.79 bits per heavy atom. The molecule has 0 saturated heterocycles. The number of carboxylic acid groups (broad SMARTS) is 1. The zero-order valence-electron chi connectivity index (χ0n) is 13.4. The Balaban J connectivity index is 1.78. The first kappa shape index (κ1) is 16.7. The zero-order chi connectivity index (χ0) is 17.1. The van der Waals surface area contributed by atoms with Crippen LogP contribution in [0.2, 0.25) is 0 Å². The van der Waals surface area contributed by atoms with Crippen LogP contribution in [0, 0.1) is 13.8 Å². The first-order valence-corrected chi connectivity index (χ1v) is 9.38. The van der Waals surface area contributed by atoms with Crippen molar-refractivity contribution in [3.05, 3.63) is 69.5 Å². The van der Waals surface area contributed by atoms with Crippen molar-refractivity contribution in [2.75, 3.05) is 0 Å². The Labute approximate surface area is 149 Å². The van der Waals surface area contributed by atoms with E-state index >= 15 is 0 Å². The molecule has 122 valence electrons. The van der Waals surface area contributed by atoms with Crippen molar-refractivity contribution in [1.82, 2.24) is 4.98 Å². The molecule has 3 nitrogen and oxygen atoms in total. The molecular weight excluding hydrogens is 338 g/mol. The van der Waals surface area contributed by atoms with Crippen LogP contribution in [0.15, 0.2) is 52.7 Å². The van der Waals surface area contributed by atoms with E-state index in [4.69, 9.17) is 4.98 Å².